The number of rotatable bonds is 6. The van der Waals surface area contributed by atoms with Crippen molar-refractivity contribution in [3.63, 3.8) is 0 Å². The van der Waals surface area contributed by atoms with Gasteiger partial charge in [-0.2, -0.15) is 0 Å². The lowest BCUT2D eigenvalue weighted by Crippen LogP contribution is -2.40. The van der Waals surface area contributed by atoms with Crippen molar-refractivity contribution in [1.82, 2.24) is 15.5 Å². The molecule has 1 aromatic rings. The molecule has 0 saturated carbocycles. The Hall–Kier alpha value is -2.77. The third-order valence-corrected chi connectivity index (χ3v) is 2.75. The summed E-state index contributed by atoms with van der Waals surface area (Å²) >= 11 is 0. The highest BCUT2D eigenvalue weighted by Gasteiger charge is 2.07. The van der Waals surface area contributed by atoms with Crippen molar-refractivity contribution >= 4 is 23.7 Å². The molecule has 0 atom stereocenters. The minimum atomic E-state index is -0.403. The number of nitrogens with zero attached hydrogens (tertiary/aromatic N) is 1. The number of esters is 1. The number of amides is 4. The molecule has 0 radical (unpaired) electrons. The van der Waals surface area contributed by atoms with Crippen molar-refractivity contribution in [3.05, 3.63) is 29.8 Å². The number of urea groups is 2. The highest BCUT2D eigenvalue weighted by Crippen LogP contribution is 2.10. The van der Waals surface area contributed by atoms with Crippen LogP contribution in [0.4, 0.5) is 15.3 Å². The number of ether oxygens (including phenoxy) is 1. The first kappa shape index (κ1) is 18.3. The second kappa shape index (κ2) is 9.29. The summed E-state index contributed by atoms with van der Waals surface area (Å²) in [6, 6.07) is 5.75. The molecule has 0 heterocycles. The third-order valence-electron chi connectivity index (χ3n) is 2.75. The largest absolute Gasteiger partial charge is 0.462 e. The zero-order valence-electron chi connectivity index (χ0n) is 13.5. The lowest BCUT2D eigenvalue weighted by atomic mass is 10.2. The average Bonchev–Trinajstić information content (AvgIpc) is 2.52. The van der Waals surface area contributed by atoms with Crippen molar-refractivity contribution in [1.29, 1.82) is 0 Å². The van der Waals surface area contributed by atoms with E-state index in [1.165, 1.54) is 4.90 Å². The Balaban J connectivity index is 2.34. The van der Waals surface area contributed by atoms with Crippen LogP contribution in [0.5, 0.6) is 0 Å². The van der Waals surface area contributed by atoms with Gasteiger partial charge in [0, 0.05) is 32.9 Å². The van der Waals surface area contributed by atoms with Gasteiger partial charge in [0.05, 0.1) is 12.2 Å². The molecular weight excluding hydrogens is 300 g/mol. The Morgan fingerprint density at radius 1 is 1.04 bits per heavy atom. The second-order valence-corrected chi connectivity index (χ2v) is 4.81. The number of hydrogen-bond donors (Lipinski definition) is 3. The van der Waals surface area contributed by atoms with E-state index >= 15 is 0 Å². The summed E-state index contributed by atoms with van der Waals surface area (Å²) in [5.41, 5.74) is 0.970. The summed E-state index contributed by atoms with van der Waals surface area (Å²) in [5, 5.41) is 7.86. The smallest absolute Gasteiger partial charge is 0.338 e. The van der Waals surface area contributed by atoms with Crippen LogP contribution in [0.25, 0.3) is 0 Å². The molecule has 8 heteroatoms. The molecule has 0 aliphatic heterocycles. The van der Waals surface area contributed by atoms with Crippen molar-refractivity contribution in [2.75, 3.05) is 39.1 Å². The first-order chi connectivity index (χ1) is 10.9. The van der Waals surface area contributed by atoms with Crippen LogP contribution in [0, 0.1) is 0 Å². The predicted molar refractivity (Wildman–Crippen MR) is 86.5 cm³/mol. The second-order valence-electron chi connectivity index (χ2n) is 4.81. The fourth-order valence-electron chi connectivity index (χ4n) is 1.58. The van der Waals surface area contributed by atoms with Gasteiger partial charge >= 0.3 is 18.0 Å². The number of benzene rings is 1. The Labute approximate surface area is 135 Å². The molecular formula is C15H22N4O4. The molecule has 126 valence electrons. The van der Waals surface area contributed by atoms with Gasteiger partial charge in [-0.25, -0.2) is 14.4 Å². The first-order valence-corrected chi connectivity index (χ1v) is 7.21. The minimum Gasteiger partial charge on any atom is -0.462 e. The summed E-state index contributed by atoms with van der Waals surface area (Å²) in [7, 11) is 3.27. The van der Waals surface area contributed by atoms with Crippen LogP contribution in [-0.4, -0.2) is 56.7 Å². The van der Waals surface area contributed by atoms with E-state index in [4.69, 9.17) is 4.74 Å². The Morgan fingerprint density at radius 2 is 1.65 bits per heavy atom. The van der Waals surface area contributed by atoms with Gasteiger partial charge in [0.15, 0.2) is 0 Å². The van der Waals surface area contributed by atoms with Gasteiger partial charge in [-0.3, -0.25) is 0 Å². The van der Waals surface area contributed by atoms with E-state index in [1.54, 1.807) is 45.3 Å². The van der Waals surface area contributed by atoms with Gasteiger partial charge in [-0.05, 0) is 31.2 Å². The Kier molecular flexibility index (Phi) is 7.38. The molecule has 1 rings (SSSR count). The molecule has 0 aliphatic carbocycles. The maximum Gasteiger partial charge on any atom is 0.338 e. The lowest BCUT2D eigenvalue weighted by molar-refractivity contribution is 0.0526. The van der Waals surface area contributed by atoms with Crippen molar-refractivity contribution < 1.29 is 19.1 Å². The zero-order chi connectivity index (χ0) is 17.2. The maximum atomic E-state index is 11.7. The summed E-state index contributed by atoms with van der Waals surface area (Å²) < 4.78 is 4.87. The van der Waals surface area contributed by atoms with Gasteiger partial charge in [0.2, 0.25) is 0 Å². The van der Waals surface area contributed by atoms with E-state index in [0.29, 0.717) is 30.9 Å². The predicted octanol–water partition coefficient (Wildman–Crippen LogP) is 1.26. The van der Waals surface area contributed by atoms with Crippen molar-refractivity contribution in [3.8, 4) is 0 Å². The number of carbonyl (C=O) groups excluding carboxylic acids is 3. The first-order valence-electron chi connectivity index (χ1n) is 7.21. The molecule has 0 spiro atoms. The number of carbonyl (C=O) groups is 3. The third kappa shape index (κ3) is 6.68. The SMILES string of the molecule is CCOC(=O)c1ccc(NC(=O)NCCNC(=O)N(C)C)cc1. The van der Waals surface area contributed by atoms with Crippen molar-refractivity contribution in [2.24, 2.45) is 0 Å². The van der Waals surface area contributed by atoms with Crippen LogP contribution in [0.15, 0.2) is 24.3 Å². The minimum absolute atomic E-state index is 0.221. The molecule has 0 bridgehead atoms. The molecule has 0 aliphatic rings. The highest BCUT2D eigenvalue weighted by molar-refractivity contribution is 5.92. The van der Waals surface area contributed by atoms with Crippen molar-refractivity contribution in [2.45, 2.75) is 6.92 Å². The highest BCUT2D eigenvalue weighted by atomic mass is 16.5. The molecule has 0 aromatic heterocycles. The van der Waals surface area contributed by atoms with Crippen LogP contribution in [0.1, 0.15) is 17.3 Å². The molecule has 0 fully saturated rings. The fraction of sp³-hybridized carbons (Fsp3) is 0.400. The number of anilines is 1. The van der Waals surface area contributed by atoms with E-state index < -0.39 is 12.0 Å². The quantitative estimate of drug-likeness (QED) is 0.542. The lowest BCUT2D eigenvalue weighted by Gasteiger charge is -2.12. The van der Waals surface area contributed by atoms with Crippen LogP contribution in [-0.2, 0) is 4.74 Å². The van der Waals surface area contributed by atoms with E-state index in [0.717, 1.165) is 0 Å². The molecule has 23 heavy (non-hydrogen) atoms. The van der Waals surface area contributed by atoms with Gasteiger partial charge in [0.25, 0.3) is 0 Å². The Bertz CT molecular complexity index is 543. The van der Waals surface area contributed by atoms with Crippen LogP contribution < -0.4 is 16.0 Å². The summed E-state index contributed by atoms with van der Waals surface area (Å²) in [4.78, 5) is 35.8. The van der Waals surface area contributed by atoms with Gasteiger partial charge in [0.1, 0.15) is 0 Å². The molecule has 0 saturated heterocycles. The standard InChI is InChI=1S/C15H22N4O4/c1-4-23-13(20)11-5-7-12(8-6-11)18-14(21)16-9-10-17-15(22)19(2)3/h5-8H,4,9-10H2,1-3H3,(H,17,22)(H2,16,18,21). The van der Waals surface area contributed by atoms with E-state index in [2.05, 4.69) is 16.0 Å². The molecule has 8 nitrogen and oxygen atoms in total. The number of hydrogen-bond acceptors (Lipinski definition) is 4. The topological polar surface area (TPSA) is 99.8 Å². The molecule has 1 aromatic carbocycles. The molecule has 3 N–H and O–H groups in total. The summed E-state index contributed by atoms with van der Waals surface area (Å²) in [6.07, 6.45) is 0. The Morgan fingerprint density at radius 3 is 2.22 bits per heavy atom. The van der Waals surface area contributed by atoms with E-state index in [9.17, 15) is 14.4 Å². The van der Waals surface area contributed by atoms with E-state index in [1.807, 2.05) is 0 Å². The monoisotopic (exact) mass is 322 g/mol. The maximum absolute atomic E-state index is 11.7. The van der Waals surface area contributed by atoms with Crippen LogP contribution in [0.2, 0.25) is 0 Å². The number of nitrogens with one attached hydrogen (secondary N) is 3. The van der Waals surface area contributed by atoms with Gasteiger partial charge < -0.3 is 25.6 Å². The summed E-state index contributed by atoms with van der Waals surface area (Å²) in [5.74, 6) is -0.403. The fourth-order valence-corrected chi connectivity index (χ4v) is 1.58. The zero-order valence-corrected chi connectivity index (χ0v) is 13.5. The van der Waals surface area contributed by atoms with E-state index in [-0.39, 0.29) is 6.03 Å². The molecule has 4 amide bonds. The normalized spacial score (nSPS) is 9.70. The van der Waals surface area contributed by atoms with Gasteiger partial charge in [-0.1, -0.05) is 0 Å². The average molecular weight is 322 g/mol. The van der Waals surface area contributed by atoms with Crippen LogP contribution >= 0.6 is 0 Å². The van der Waals surface area contributed by atoms with Crippen LogP contribution in [0.3, 0.4) is 0 Å². The molecule has 0 unspecified atom stereocenters. The summed E-state index contributed by atoms with van der Waals surface area (Å²) in [6.45, 7) is 2.67. The van der Waals surface area contributed by atoms with Gasteiger partial charge in [-0.15, -0.1) is 0 Å².